The van der Waals surface area contributed by atoms with Crippen LogP contribution in [0.2, 0.25) is 0 Å². The minimum Gasteiger partial charge on any atom is -0.455 e. The SMILES string of the molecule is CC(C)(C)OC(=O)Nc1ccc(Nc2cc(-c3cccc4c3oc3ccccc34)ncn2)cc1. The minimum atomic E-state index is -0.553. The maximum atomic E-state index is 12.0. The number of hydrogen-bond acceptors (Lipinski definition) is 6. The number of aromatic nitrogens is 2. The Hall–Kier alpha value is -4.39. The van der Waals surface area contributed by atoms with Crippen LogP contribution >= 0.6 is 0 Å². The number of furan rings is 1. The summed E-state index contributed by atoms with van der Waals surface area (Å²) in [5.41, 5.74) is 4.20. The Kier molecular flexibility index (Phi) is 5.37. The summed E-state index contributed by atoms with van der Waals surface area (Å²) in [5, 5.41) is 8.13. The van der Waals surface area contributed by atoms with E-state index < -0.39 is 11.7 Å². The molecular weight excluding hydrogens is 428 g/mol. The van der Waals surface area contributed by atoms with Crippen LogP contribution in [0.25, 0.3) is 33.2 Å². The maximum Gasteiger partial charge on any atom is 0.412 e. The van der Waals surface area contributed by atoms with Crippen LogP contribution in [0, 0.1) is 0 Å². The van der Waals surface area contributed by atoms with Crippen LogP contribution in [0.1, 0.15) is 20.8 Å². The standard InChI is InChI=1S/C27H24N4O3/c1-27(2,3)34-26(32)31-18-13-11-17(12-14-18)30-24-15-22(28-16-29-24)21-9-6-8-20-19-7-4-5-10-23(19)33-25(20)21/h4-16H,1-3H3,(H,31,32)(H,28,29,30). The summed E-state index contributed by atoms with van der Waals surface area (Å²) in [5.74, 6) is 0.644. The molecule has 2 aromatic heterocycles. The summed E-state index contributed by atoms with van der Waals surface area (Å²) in [6.45, 7) is 5.47. The van der Waals surface area contributed by atoms with E-state index in [0.29, 0.717) is 11.5 Å². The molecule has 0 saturated carbocycles. The van der Waals surface area contributed by atoms with E-state index in [1.807, 2.05) is 69.3 Å². The van der Waals surface area contributed by atoms with Crippen LogP contribution in [0.5, 0.6) is 0 Å². The van der Waals surface area contributed by atoms with Crippen LogP contribution in [0.3, 0.4) is 0 Å². The van der Waals surface area contributed by atoms with E-state index in [4.69, 9.17) is 9.15 Å². The van der Waals surface area contributed by atoms with Gasteiger partial charge in [-0.2, -0.15) is 0 Å². The van der Waals surface area contributed by atoms with Gasteiger partial charge in [-0.1, -0.05) is 30.3 Å². The Bertz CT molecular complexity index is 1480. The van der Waals surface area contributed by atoms with E-state index in [0.717, 1.165) is 38.9 Å². The van der Waals surface area contributed by atoms with Gasteiger partial charge in [0.05, 0.1) is 5.69 Å². The summed E-state index contributed by atoms with van der Waals surface area (Å²) < 4.78 is 11.4. The lowest BCUT2D eigenvalue weighted by molar-refractivity contribution is 0.0636. The average molecular weight is 453 g/mol. The lowest BCUT2D eigenvalue weighted by Gasteiger charge is -2.19. The summed E-state index contributed by atoms with van der Waals surface area (Å²) in [7, 11) is 0. The Morgan fingerprint density at radius 1 is 0.882 bits per heavy atom. The molecule has 0 spiro atoms. The van der Waals surface area contributed by atoms with Crippen molar-refractivity contribution in [1.29, 1.82) is 0 Å². The molecular formula is C27H24N4O3. The Balaban J connectivity index is 1.37. The molecule has 2 heterocycles. The van der Waals surface area contributed by atoms with E-state index in [1.54, 1.807) is 12.1 Å². The van der Waals surface area contributed by atoms with E-state index in [2.05, 4.69) is 32.7 Å². The van der Waals surface area contributed by atoms with Gasteiger partial charge in [0.1, 0.15) is 28.9 Å². The fraction of sp³-hybridized carbons (Fsp3) is 0.148. The highest BCUT2D eigenvalue weighted by molar-refractivity contribution is 6.09. The van der Waals surface area contributed by atoms with Gasteiger partial charge in [0.2, 0.25) is 0 Å². The highest BCUT2D eigenvalue weighted by Crippen LogP contribution is 2.35. The van der Waals surface area contributed by atoms with Gasteiger partial charge in [0.25, 0.3) is 0 Å². The quantitative estimate of drug-likeness (QED) is 0.301. The molecule has 0 aliphatic heterocycles. The predicted molar refractivity (Wildman–Crippen MR) is 134 cm³/mol. The monoisotopic (exact) mass is 452 g/mol. The molecule has 170 valence electrons. The van der Waals surface area contributed by atoms with Gasteiger partial charge in [-0.05, 0) is 57.2 Å². The van der Waals surface area contributed by atoms with Crippen LogP contribution in [0.15, 0.2) is 83.5 Å². The lowest BCUT2D eigenvalue weighted by atomic mass is 10.1. The zero-order chi connectivity index (χ0) is 23.7. The number of para-hydroxylation sites is 2. The number of anilines is 3. The summed E-state index contributed by atoms with van der Waals surface area (Å²) in [6.07, 6.45) is 1.03. The van der Waals surface area contributed by atoms with Crippen molar-refractivity contribution in [2.75, 3.05) is 10.6 Å². The third-order valence-electron chi connectivity index (χ3n) is 5.15. The summed E-state index contributed by atoms with van der Waals surface area (Å²) >= 11 is 0. The number of carbonyl (C=O) groups excluding carboxylic acids is 1. The van der Waals surface area contributed by atoms with E-state index in [1.165, 1.54) is 6.33 Å². The van der Waals surface area contributed by atoms with E-state index in [9.17, 15) is 4.79 Å². The first-order valence-electron chi connectivity index (χ1n) is 11.0. The van der Waals surface area contributed by atoms with E-state index in [-0.39, 0.29) is 0 Å². The van der Waals surface area contributed by atoms with Gasteiger partial charge in [-0.25, -0.2) is 14.8 Å². The van der Waals surface area contributed by atoms with Crippen LogP contribution < -0.4 is 10.6 Å². The van der Waals surface area contributed by atoms with Gasteiger partial charge in [0, 0.05) is 33.8 Å². The van der Waals surface area contributed by atoms with Crippen LogP contribution in [-0.4, -0.2) is 21.7 Å². The van der Waals surface area contributed by atoms with Gasteiger partial charge in [0.15, 0.2) is 0 Å². The normalized spacial score (nSPS) is 11.5. The molecule has 0 bridgehead atoms. The number of fused-ring (bicyclic) bond motifs is 3. The Morgan fingerprint density at radius 2 is 1.62 bits per heavy atom. The zero-order valence-electron chi connectivity index (χ0n) is 19.1. The molecule has 7 nitrogen and oxygen atoms in total. The third kappa shape index (κ3) is 4.54. The molecule has 2 N–H and O–H groups in total. The van der Waals surface area contributed by atoms with Crippen molar-refractivity contribution in [2.45, 2.75) is 26.4 Å². The molecule has 0 atom stereocenters. The van der Waals surface area contributed by atoms with Crippen LogP contribution in [0.4, 0.5) is 22.0 Å². The minimum absolute atomic E-state index is 0.492. The molecule has 34 heavy (non-hydrogen) atoms. The maximum absolute atomic E-state index is 12.0. The van der Waals surface area contributed by atoms with E-state index >= 15 is 0 Å². The molecule has 3 aromatic carbocycles. The van der Waals surface area contributed by atoms with Gasteiger partial charge >= 0.3 is 6.09 Å². The van der Waals surface area contributed by atoms with Crippen molar-refractivity contribution < 1.29 is 13.9 Å². The molecule has 5 rings (SSSR count). The Morgan fingerprint density at radius 3 is 2.41 bits per heavy atom. The molecule has 0 saturated heterocycles. The fourth-order valence-electron chi connectivity index (χ4n) is 3.73. The molecule has 1 amide bonds. The average Bonchev–Trinajstić information content (AvgIpc) is 3.18. The number of rotatable bonds is 4. The number of nitrogens with zero attached hydrogens (tertiary/aromatic N) is 2. The van der Waals surface area contributed by atoms with Gasteiger partial charge in [-0.3, -0.25) is 5.32 Å². The number of amides is 1. The summed E-state index contributed by atoms with van der Waals surface area (Å²) in [4.78, 5) is 20.8. The Labute approximate surface area is 196 Å². The van der Waals surface area contributed by atoms with Crippen molar-refractivity contribution in [3.63, 3.8) is 0 Å². The topological polar surface area (TPSA) is 89.3 Å². The molecule has 0 aliphatic rings. The first kappa shape index (κ1) is 21.5. The third-order valence-corrected chi connectivity index (χ3v) is 5.15. The molecule has 0 aliphatic carbocycles. The molecule has 0 fully saturated rings. The molecule has 7 heteroatoms. The van der Waals surface area contributed by atoms with Crippen molar-refractivity contribution >= 4 is 45.2 Å². The van der Waals surface area contributed by atoms with Crippen molar-refractivity contribution in [3.8, 4) is 11.3 Å². The largest absolute Gasteiger partial charge is 0.455 e. The molecule has 5 aromatic rings. The highest BCUT2D eigenvalue weighted by Gasteiger charge is 2.16. The number of benzene rings is 3. The highest BCUT2D eigenvalue weighted by atomic mass is 16.6. The van der Waals surface area contributed by atoms with Crippen LogP contribution in [-0.2, 0) is 4.74 Å². The zero-order valence-corrected chi connectivity index (χ0v) is 19.1. The second-order valence-electron chi connectivity index (χ2n) is 8.90. The number of ether oxygens (including phenoxy) is 1. The van der Waals surface area contributed by atoms with Gasteiger partial charge < -0.3 is 14.5 Å². The van der Waals surface area contributed by atoms with Crippen molar-refractivity contribution in [2.24, 2.45) is 0 Å². The number of carbonyl (C=O) groups is 1. The second-order valence-corrected chi connectivity index (χ2v) is 8.90. The first-order chi connectivity index (χ1) is 16.4. The smallest absolute Gasteiger partial charge is 0.412 e. The van der Waals surface area contributed by atoms with Gasteiger partial charge in [-0.15, -0.1) is 0 Å². The second kappa shape index (κ2) is 8.51. The number of hydrogen-bond donors (Lipinski definition) is 2. The first-order valence-corrected chi connectivity index (χ1v) is 11.0. The predicted octanol–water partition coefficient (Wildman–Crippen LogP) is 7.13. The number of nitrogens with one attached hydrogen (secondary N) is 2. The van der Waals surface area contributed by atoms with Crippen molar-refractivity contribution in [1.82, 2.24) is 9.97 Å². The summed E-state index contributed by atoms with van der Waals surface area (Å²) in [6, 6.07) is 23.2. The fourth-order valence-corrected chi connectivity index (χ4v) is 3.73. The molecule has 0 unspecified atom stereocenters. The lowest BCUT2D eigenvalue weighted by Crippen LogP contribution is -2.27. The van der Waals surface area contributed by atoms with Crippen molar-refractivity contribution in [3.05, 3.63) is 79.1 Å². The molecule has 0 radical (unpaired) electrons.